The minimum Gasteiger partial charge on any atom is -0.506 e. The maximum Gasteiger partial charge on any atom is 0.255 e. The number of aliphatic hydroxyl groups is 2. The maximum absolute atomic E-state index is 13.2. The summed E-state index contributed by atoms with van der Waals surface area (Å²) in [7, 11) is 0. The standard InChI is InChI=1S/C24H28FN3O5/c25-18-5-6-19(20(29)11-18)27-9-7-15(8-10-27)12-26-23(32)21(30)22(31)24(33)28-13-16-3-1-2-4-17(16)14-28/h1-6,11,15,21-22,29-31H,7-10,12-14H2,(H,26,32)/t21-,22-/m1/s1. The van der Waals surface area contributed by atoms with Crippen molar-refractivity contribution >= 4 is 17.5 Å². The number of piperidine rings is 1. The Hall–Kier alpha value is -3.17. The van der Waals surface area contributed by atoms with Gasteiger partial charge < -0.3 is 30.4 Å². The Balaban J connectivity index is 1.23. The molecular formula is C24H28FN3O5. The average Bonchev–Trinajstić information content (AvgIpc) is 3.26. The molecule has 1 fully saturated rings. The van der Waals surface area contributed by atoms with Crippen LogP contribution in [0.15, 0.2) is 42.5 Å². The Morgan fingerprint density at radius 3 is 2.27 bits per heavy atom. The van der Waals surface area contributed by atoms with Crippen LogP contribution in [-0.2, 0) is 22.7 Å². The molecule has 4 rings (SSSR count). The van der Waals surface area contributed by atoms with Crippen molar-refractivity contribution in [2.45, 2.75) is 38.1 Å². The first kappa shape index (κ1) is 23.0. The first-order chi connectivity index (χ1) is 15.8. The van der Waals surface area contributed by atoms with E-state index in [-0.39, 0.29) is 11.7 Å². The van der Waals surface area contributed by atoms with Gasteiger partial charge in [0, 0.05) is 38.8 Å². The molecule has 0 aromatic heterocycles. The van der Waals surface area contributed by atoms with E-state index < -0.39 is 29.8 Å². The van der Waals surface area contributed by atoms with Gasteiger partial charge in [0.15, 0.2) is 12.2 Å². The summed E-state index contributed by atoms with van der Waals surface area (Å²) in [6, 6.07) is 11.5. The van der Waals surface area contributed by atoms with E-state index >= 15 is 0 Å². The Labute approximate surface area is 191 Å². The largest absolute Gasteiger partial charge is 0.506 e. The number of carbonyl (C=O) groups excluding carboxylic acids is 2. The lowest BCUT2D eigenvalue weighted by Crippen LogP contribution is -2.50. The van der Waals surface area contributed by atoms with Crippen LogP contribution in [0.3, 0.4) is 0 Å². The molecule has 176 valence electrons. The number of hydrogen-bond donors (Lipinski definition) is 4. The second kappa shape index (κ2) is 9.76. The van der Waals surface area contributed by atoms with Crippen molar-refractivity contribution < 1.29 is 29.3 Å². The number of aromatic hydroxyl groups is 1. The number of fused-ring (bicyclic) bond motifs is 1. The van der Waals surface area contributed by atoms with Crippen molar-refractivity contribution in [3.63, 3.8) is 0 Å². The summed E-state index contributed by atoms with van der Waals surface area (Å²) in [6.45, 7) is 2.22. The average molecular weight is 458 g/mol. The first-order valence-electron chi connectivity index (χ1n) is 11.1. The number of anilines is 1. The molecule has 2 aliphatic heterocycles. The molecule has 2 aromatic rings. The SMILES string of the molecule is O=C(NCC1CCN(c2ccc(F)cc2O)CC1)[C@H](O)[C@@H](O)C(=O)N1Cc2ccccc2C1. The first-order valence-corrected chi connectivity index (χ1v) is 11.1. The van der Waals surface area contributed by atoms with Crippen molar-refractivity contribution in [2.75, 3.05) is 24.5 Å². The van der Waals surface area contributed by atoms with Gasteiger partial charge in [0.1, 0.15) is 11.6 Å². The lowest BCUT2D eigenvalue weighted by molar-refractivity contribution is -0.153. The van der Waals surface area contributed by atoms with Gasteiger partial charge in [0.25, 0.3) is 11.8 Å². The number of benzene rings is 2. The molecule has 0 bridgehead atoms. The third-order valence-electron chi connectivity index (χ3n) is 6.43. The van der Waals surface area contributed by atoms with Crippen LogP contribution in [0.25, 0.3) is 0 Å². The number of phenolic OH excluding ortho intramolecular Hbond substituents is 1. The van der Waals surface area contributed by atoms with Gasteiger partial charge in [-0.25, -0.2) is 4.39 Å². The highest BCUT2D eigenvalue weighted by Crippen LogP contribution is 2.31. The second-order valence-electron chi connectivity index (χ2n) is 8.66. The monoisotopic (exact) mass is 457 g/mol. The summed E-state index contributed by atoms with van der Waals surface area (Å²) in [5.41, 5.74) is 2.54. The summed E-state index contributed by atoms with van der Waals surface area (Å²) < 4.78 is 13.2. The smallest absolute Gasteiger partial charge is 0.255 e. The fourth-order valence-electron chi connectivity index (χ4n) is 4.45. The van der Waals surface area contributed by atoms with Crippen LogP contribution in [0.5, 0.6) is 5.75 Å². The third-order valence-corrected chi connectivity index (χ3v) is 6.43. The van der Waals surface area contributed by atoms with Gasteiger partial charge in [0.2, 0.25) is 0 Å². The van der Waals surface area contributed by atoms with Crippen molar-refractivity contribution in [2.24, 2.45) is 5.92 Å². The zero-order chi connectivity index (χ0) is 23.5. The molecule has 2 atom stereocenters. The van der Waals surface area contributed by atoms with Crippen molar-refractivity contribution in [3.05, 3.63) is 59.4 Å². The molecule has 2 amide bonds. The maximum atomic E-state index is 13.2. The van der Waals surface area contributed by atoms with Crippen LogP contribution in [-0.4, -0.2) is 63.9 Å². The fraction of sp³-hybridized carbons (Fsp3) is 0.417. The molecule has 9 heteroatoms. The number of carbonyl (C=O) groups is 2. The molecule has 4 N–H and O–H groups in total. The van der Waals surface area contributed by atoms with Crippen LogP contribution in [0.1, 0.15) is 24.0 Å². The van der Waals surface area contributed by atoms with Crippen LogP contribution >= 0.6 is 0 Å². The number of aliphatic hydroxyl groups excluding tert-OH is 2. The number of halogens is 1. The molecule has 0 saturated carbocycles. The fourth-order valence-corrected chi connectivity index (χ4v) is 4.45. The predicted octanol–water partition coefficient (Wildman–Crippen LogP) is 1.13. The Morgan fingerprint density at radius 2 is 1.67 bits per heavy atom. The molecule has 2 aromatic carbocycles. The number of phenols is 1. The predicted molar refractivity (Wildman–Crippen MR) is 119 cm³/mol. The van der Waals surface area contributed by atoms with Gasteiger partial charge >= 0.3 is 0 Å². The van der Waals surface area contributed by atoms with E-state index in [1.807, 2.05) is 29.2 Å². The summed E-state index contributed by atoms with van der Waals surface area (Å²) >= 11 is 0. The van der Waals surface area contributed by atoms with E-state index in [9.17, 15) is 29.3 Å². The quantitative estimate of drug-likeness (QED) is 0.517. The molecule has 0 radical (unpaired) electrons. The van der Waals surface area contributed by atoms with E-state index in [2.05, 4.69) is 5.32 Å². The Morgan fingerprint density at radius 1 is 1.03 bits per heavy atom. The lowest BCUT2D eigenvalue weighted by Gasteiger charge is -2.34. The zero-order valence-electron chi connectivity index (χ0n) is 18.2. The molecule has 33 heavy (non-hydrogen) atoms. The topological polar surface area (TPSA) is 113 Å². The number of nitrogens with zero attached hydrogens (tertiary/aromatic N) is 2. The lowest BCUT2D eigenvalue weighted by atomic mass is 9.96. The molecular weight excluding hydrogens is 429 g/mol. The van der Waals surface area contributed by atoms with Gasteiger partial charge in [-0.05, 0) is 42.0 Å². The van der Waals surface area contributed by atoms with Gasteiger partial charge in [-0.2, -0.15) is 0 Å². The highest BCUT2D eigenvalue weighted by molar-refractivity contribution is 5.90. The molecule has 0 aliphatic carbocycles. The molecule has 0 spiro atoms. The van der Waals surface area contributed by atoms with Crippen LogP contribution in [0.4, 0.5) is 10.1 Å². The highest BCUT2D eigenvalue weighted by Gasteiger charge is 2.35. The summed E-state index contributed by atoms with van der Waals surface area (Å²) in [4.78, 5) is 28.3. The van der Waals surface area contributed by atoms with Gasteiger partial charge in [-0.3, -0.25) is 9.59 Å². The van der Waals surface area contributed by atoms with Crippen LogP contribution < -0.4 is 10.2 Å². The molecule has 1 saturated heterocycles. The molecule has 8 nitrogen and oxygen atoms in total. The van der Waals surface area contributed by atoms with E-state index in [0.29, 0.717) is 38.4 Å². The van der Waals surface area contributed by atoms with E-state index in [4.69, 9.17) is 0 Å². The van der Waals surface area contributed by atoms with Gasteiger partial charge in [-0.15, -0.1) is 0 Å². The Bertz CT molecular complexity index is 1000. The van der Waals surface area contributed by atoms with Crippen molar-refractivity contribution in [3.8, 4) is 5.75 Å². The second-order valence-corrected chi connectivity index (χ2v) is 8.66. The number of amides is 2. The van der Waals surface area contributed by atoms with Crippen molar-refractivity contribution in [1.29, 1.82) is 0 Å². The van der Waals surface area contributed by atoms with E-state index in [1.165, 1.54) is 11.0 Å². The minimum absolute atomic E-state index is 0.107. The third kappa shape index (κ3) is 5.09. The molecule has 2 aliphatic rings. The minimum atomic E-state index is -1.85. The number of hydrogen-bond acceptors (Lipinski definition) is 6. The number of rotatable bonds is 6. The normalized spacial score (nSPS) is 18.0. The molecule has 0 unspecified atom stereocenters. The van der Waals surface area contributed by atoms with E-state index in [0.717, 1.165) is 30.0 Å². The van der Waals surface area contributed by atoms with Gasteiger partial charge in [0.05, 0.1) is 5.69 Å². The zero-order valence-corrected chi connectivity index (χ0v) is 18.2. The Kier molecular flexibility index (Phi) is 6.80. The van der Waals surface area contributed by atoms with Gasteiger partial charge in [-0.1, -0.05) is 24.3 Å². The van der Waals surface area contributed by atoms with Crippen LogP contribution in [0, 0.1) is 11.7 Å². The number of nitrogens with one attached hydrogen (secondary N) is 1. The summed E-state index contributed by atoms with van der Waals surface area (Å²) in [5.74, 6) is -1.93. The van der Waals surface area contributed by atoms with E-state index in [1.54, 1.807) is 6.07 Å². The summed E-state index contributed by atoms with van der Waals surface area (Å²) in [5, 5.41) is 33.1. The van der Waals surface area contributed by atoms with Crippen molar-refractivity contribution in [1.82, 2.24) is 10.2 Å². The highest BCUT2D eigenvalue weighted by atomic mass is 19.1. The summed E-state index contributed by atoms with van der Waals surface area (Å²) in [6.07, 6.45) is -2.23. The molecule has 2 heterocycles. The van der Waals surface area contributed by atoms with Crippen LogP contribution in [0.2, 0.25) is 0 Å².